The van der Waals surface area contributed by atoms with Crippen LogP contribution in [-0.4, -0.2) is 57.2 Å². The normalized spacial score (nSPS) is 28.9. The second-order valence-corrected chi connectivity index (χ2v) is 7.01. The molecule has 2 rings (SSSR count). The zero-order valence-electron chi connectivity index (χ0n) is 10.6. The number of carbonyl (C=O) groups is 1. The third-order valence-electron chi connectivity index (χ3n) is 3.75. The molecule has 0 saturated carbocycles. The first-order valence-electron chi connectivity index (χ1n) is 6.31. The van der Waals surface area contributed by atoms with E-state index in [1.165, 1.54) is 11.4 Å². The van der Waals surface area contributed by atoms with E-state index in [0.29, 0.717) is 19.0 Å². The first kappa shape index (κ1) is 13.8. The predicted molar refractivity (Wildman–Crippen MR) is 66.5 cm³/mol. The topological polar surface area (TPSA) is 75.7 Å². The minimum absolute atomic E-state index is 0.0713. The maximum Gasteiger partial charge on any atom is 0.306 e. The predicted octanol–water partition coefficient (Wildman–Crippen LogP) is -0.437. The van der Waals surface area contributed by atoms with Gasteiger partial charge in [0.1, 0.15) is 0 Å². The molecule has 0 aromatic rings. The van der Waals surface area contributed by atoms with Gasteiger partial charge in [-0.25, -0.2) is 12.7 Å². The summed E-state index contributed by atoms with van der Waals surface area (Å²) in [4.78, 5) is 11.0. The van der Waals surface area contributed by atoms with Crippen LogP contribution in [0.2, 0.25) is 0 Å². The Morgan fingerprint density at radius 2 is 2.22 bits per heavy atom. The van der Waals surface area contributed by atoms with Crippen molar-refractivity contribution >= 4 is 16.0 Å². The monoisotopic (exact) mass is 276 g/mol. The number of sulfonamides is 1. The second-order valence-electron chi connectivity index (χ2n) is 4.92. The third kappa shape index (κ3) is 3.02. The zero-order valence-corrected chi connectivity index (χ0v) is 11.4. The van der Waals surface area contributed by atoms with Gasteiger partial charge in [-0.05, 0) is 25.3 Å². The van der Waals surface area contributed by atoms with Crippen LogP contribution in [0.25, 0.3) is 0 Å². The van der Waals surface area contributed by atoms with Gasteiger partial charge in [-0.2, -0.15) is 0 Å². The fourth-order valence-corrected chi connectivity index (χ4v) is 4.17. The summed E-state index contributed by atoms with van der Waals surface area (Å²) in [6.45, 7) is 2.09. The molecule has 1 N–H and O–H groups in total. The summed E-state index contributed by atoms with van der Waals surface area (Å²) in [6, 6.07) is 0.284. The number of nitrogens with zero attached hydrogens (tertiary/aromatic N) is 1. The SMILES string of the molecule is COC(=O)CCS(=O)(=O)N1C[C@@H]2CCCN[C@@H]2C1. The minimum Gasteiger partial charge on any atom is -0.469 e. The minimum atomic E-state index is -3.33. The molecule has 0 aromatic carbocycles. The van der Waals surface area contributed by atoms with Crippen molar-refractivity contribution in [2.24, 2.45) is 5.92 Å². The standard InChI is InChI=1S/C11H20N2O4S/c1-17-11(14)4-6-18(15,16)13-7-9-3-2-5-12-10(9)8-13/h9-10,12H,2-8H2,1H3/t9-,10+/m0/s1. The summed E-state index contributed by atoms with van der Waals surface area (Å²) in [5.41, 5.74) is 0. The number of hydrogen-bond donors (Lipinski definition) is 1. The van der Waals surface area contributed by atoms with E-state index in [1.54, 1.807) is 0 Å². The Labute approximate surface area is 108 Å². The smallest absolute Gasteiger partial charge is 0.306 e. The molecule has 0 spiro atoms. The van der Waals surface area contributed by atoms with E-state index in [4.69, 9.17) is 0 Å². The number of ether oxygens (including phenoxy) is 1. The highest BCUT2D eigenvalue weighted by molar-refractivity contribution is 7.89. The van der Waals surface area contributed by atoms with Gasteiger partial charge in [0.05, 0.1) is 19.3 Å². The van der Waals surface area contributed by atoms with Crippen LogP contribution >= 0.6 is 0 Å². The average Bonchev–Trinajstić information content (AvgIpc) is 2.80. The number of methoxy groups -OCH3 is 1. The van der Waals surface area contributed by atoms with Crippen molar-refractivity contribution in [2.75, 3.05) is 32.5 Å². The molecule has 2 heterocycles. The molecule has 2 aliphatic rings. The van der Waals surface area contributed by atoms with Crippen LogP contribution in [0, 0.1) is 5.92 Å². The molecule has 0 aliphatic carbocycles. The third-order valence-corrected chi connectivity index (χ3v) is 5.56. The van der Waals surface area contributed by atoms with Gasteiger partial charge in [-0.15, -0.1) is 0 Å². The van der Waals surface area contributed by atoms with Gasteiger partial charge >= 0.3 is 5.97 Å². The molecule has 0 bridgehead atoms. The Bertz CT molecular complexity index is 395. The van der Waals surface area contributed by atoms with E-state index < -0.39 is 16.0 Å². The molecule has 2 fully saturated rings. The first-order valence-corrected chi connectivity index (χ1v) is 7.92. The molecule has 0 radical (unpaired) electrons. The summed E-state index contributed by atoms with van der Waals surface area (Å²) in [5.74, 6) is -0.209. The molecule has 0 amide bonds. The Morgan fingerprint density at radius 3 is 2.89 bits per heavy atom. The van der Waals surface area contributed by atoms with Gasteiger partial charge in [0, 0.05) is 19.1 Å². The number of nitrogens with one attached hydrogen (secondary N) is 1. The molecule has 2 atom stereocenters. The highest BCUT2D eigenvalue weighted by atomic mass is 32.2. The molecule has 104 valence electrons. The maximum absolute atomic E-state index is 12.1. The average molecular weight is 276 g/mol. The lowest BCUT2D eigenvalue weighted by molar-refractivity contribution is -0.140. The van der Waals surface area contributed by atoms with Crippen LogP contribution in [0.5, 0.6) is 0 Å². The lowest BCUT2D eigenvalue weighted by Crippen LogP contribution is -2.41. The van der Waals surface area contributed by atoms with E-state index in [2.05, 4.69) is 10.1 Å². The largest absolute Gasteiger partial charge is 0.469 e. The van der Waals surface area contributed by atoms with Crippen molar-refractivity contribution in [1.29, 1.82) is 0 Å². The van der Waals surface area contributed by atoms with Gasteiger partial charge in [0.2, 0.25) is 10.0 Å². The molecule has 0 aromatic heterocycles. The van der Waals surface area contributed by atoms with Gasteiger partial charge in [0.25, 0.3) is 0 Å². The maximum atomic E-state index is 12.1. The van der Waals surface area contributed by atoms with Crippen molar-refractivity contribution in [3.05, 3.63) is 0 Å². The van der Waals surface area contributed by atoms with Crippen molar-refractivity contribution in [3.8, 4) is 0 Å². The van der Waals surface area contributed by atoms with Gasteiger partial charge in [0.15, 0.2) is 0 Å². The highest BCUT2D eigenvalue weighted by Gasteiger charge is 2.39. The summed E-state index contributed by atoms with van der Waals surface area (Å²) < 4.78 is 30.2. The molecular formula is C11H20N2O4S. The summed E-state index contributed by atoms with van der Waals surface area (Å²) in [7, 11) is -2.06. The molecule has 18 heavy (non-hydrogen) atoms. The van der Waals surface area contributed by atoms with Gasteiger partial charge in [-0.1, -0.05) is 0 Å². The second kappa shape index (κ2) is 5.54. The quantitative estimate of drug-likeness (QED) is 0.705. The van der Waals surface area contributed by atoms with E-state index in [9.17, 15) is 13.2 Å². The lowest BCUT2D eigenvalue weighted by atomic mass is 9.94. The van der Waals surface area contributed by atoms with Crippen LogP contribution in [-0.2, 0) is 19.6 Å². The van der Waals surface area contributed by atoms with Crippen molar-refractivity contribution in [3.63, 3.8) is 0 Å². The molecule has 2 aliphatic heterocycles. The van der Waals surface area contributed by atoms with Crippen LogP contribution in [0.15, 0.2) is 0 Å². The van der Waals surface area contributed by atoms with Crippen molar-refractivity contribution < 1.29 is 17.9 Å². The van der Waals surface area contributed by atoms with Crippen molar-refractivity contribution in [1.82, 2.24) is 9.62 Å². The molecule has 6 nitrogen and oxygen atoms in total. The fraction of sp³-hybridized carbons (Fsp3) is 0.909. The Balaban J connectivity index is 1.92. The van der Waals surface area contributed by atoms with Crippen LogP contribution < -0.4 is 5.32 Å². The van der Waals surface area contributed by atoms with Crippen LogP contribution in [0.4, 0.5) is 0 Å². The van der Waals surface area contributed by atoms with E-state index in [-0.39, 0.29) is 18.2 Å². The Morgan fingerprint density at radius 1 is 1.44 bits per heavy atom. The zero-order chi connectivity index (χ0) is 13.2. The number of carbonyl (C=O) groups excluding carboxylic acids is 1. The number of hydrogen-bond acceptors (Lipinski definition) is 5. The first-order chi connectivity index (χ1) is 8.53. The van der Waals surface area contributed by atoms with Crippen LogP contribution in [0.3, 0.4) is 0 Å². The van der Waals surface area contributed by atoms with E-state index in [1.807, 2.05) is 0 Å². The van der Waals surface area contributed by atoms with Crippen LogP contribution in [0.1, 0.15) is 19.3 Å². The van der Waals surface area contributed by atoms with Gasteiger partial charge < -0.3 is 10.1 Å². The Hall–Kier alpha value is -0.660. The fourth-order valence-electron chi connectivity index (χ4n) is 2.68. The lowest BCUT2D eigenvalue weighted by Gasteiger charge is -2.24. The number of fused-ring (bicyclic) bond motifs is 1. The highest BCUT2D eigenvalue weighted by Crippen LogP contribution is 2.27. The van der Waals surface area contributed by atoms with E-state index >= 15 is 0 Å². The summed E-state index contributed by atoms with van der Waals surface area (Å²) in [6.07, 6.45) is 2.12. The molecule has 0 unspecified atom stereocenters. The van der Waals surface area contributed by atoms with Gasteiger partial charge in [-0.3, -0.25) is 4.79 Å². The summed E-state index contributed by atoms with van der Waals surface area (Å²) in [5, 5.41) is 3.36. The number of esters is 1. The number of rotatable bonds is 4. The molecular weight excluding hydrogens is 256 g/mol. The van der Waals surface area contributed by atoms with Crippen molar-refractivity contribution in [2.45, 2.75) is 25.3 Å². The van der Waals surface area contributed by atoms with E-state index in [0.717, 1.165) is 19.4 Å². The molecule has 7 heteroatoms. The molecule has 2 saturated heterocycles. The number of piperidine rings is 1. The Kier molecular flexibility index (Phi) is 4.24. The summed E-state index contributed by atoms with van der Waals surface area (Å²) >= 11 is 0.